The number of hydrogen-bond acceptors (Lipinski definition) is 4. The minimum absolute atomic E-state index is 0.389. The van der Waals surface area contributed by atoms with Gasteiger partial charge in [0.05, 0.1) is 0 Å². The van der Waals surface area contributed by atoms with Gasteiger partial charge in [0.1, 0.15) is 0 Å². The van der Waals surface area contributed by atoms with Gasteiger partial charge in [0, 0.05) is 31.5 Å². The van der Waals surface area contributed by atoms with E-state index in [1.165, 1.54) is 12.8 Å². The van der Waals surface area contributed by atoms with Crippen molar-refractivity contribution < 1.29 is 0 Å². The molecule has 4 nitrogen and oxygen atoms in total. The Kier molecular flexibility index (Phi) is 2.32. The molecular formula is C12H18N4. The quantitative estimate of drug-likeness (QED) is 0.762. The van der Waals surface area contributed by atoms with Crippen LogP contribution < -0.4 is 10.6 Å². The first-order chi connectivity index (χ1) is 7.74. The summed E-state index contributed by atoms with van der Waals surface area (Å²) >= 11 is 0. The molecule has 86 valence electrons. The SMILES string of the molecule is Cc1cnc(N2CC3CCC(N)C3C2)nc1. The highest BCUT2D eigenvalue weighted by Crippen LogP contribution is 2.37. The number of nitrogens with zero attached hydrogens (tertiary/aromatic N) is 3. The zero-order valence-electron chi connectivity index (χ0n) is 9.63. The maximum Gasteiger partial charge on any atom is 0.225 e. The van der Waals surface area contributed by atoms with Crippen LogP contribution in [0, 0.1) is 18.8 Å². The first-order valence-electron chi connectivity index (χ1n) is 6.03. The number of aromatic nitrogens is 2. The Labute approximate surface area is 95.9 Å². The first kappa shape index (κ1) is 10.0. The van der Waals surface area contributed by atoms with Gasteiger partial charge in [-0.2, -0.15) is 0 Å². The molecule has 1 aromatic heterocycles. The Hall–Kier alpha value is -1.16. The van der Waals surface area contributed by atoms with Crippen molar-refractivity contribution in [3.05, 3.63) is 18.0 Å². The van der Waals surface area contributed by atoms with Crippen LogP contribution in [0.4, 0.5) is 5.95 Å². The van der Waals surface area contributed by atoms with E-state index in [2.05, 4.69) is 14.9 Å². The molecule has 2 N–H and O–H groups in total. The molecule has 3 rings (SSSR count). The number of hydrogen-bond donors (Lipinski definition) is 1. The molecule has 3 unspecified atom stereocenters. The highest BCUT2D eigenvalue weighted by molar-refractivity contribution is 5.33. The van der Waals surface area contributed by atoms with Crippen molar-refractivity contribution in [3.63, 3.8) is 0 Å². The summed E-state index contributed by atoms with van der Waals surface area (Å²) in [5.74, 6) is 2.29. The molecule has 2 aliphatic rings. The fourth-order valence-corrected chi connectivity index (χ4v) is 3.02. The van der Waals surface area contributed by atoms with Crippen LogP contribution >= 0.6 is 0 Å². The van der Waals surface area contributed by atoms with E-state index in [0.29, 0.717) is 12.0 Å². The number of rotatable bonds is 1. The molecule has 0 amide bonds. The fraction of sp³-hybridized carbons (Fsp3) is 0.667. The van der Waals surface area contributed by atoms with Crippen molar-refractivity contribution in [1.82, 2.24) is 9.97 Å². The lowest BCUT2D eigenvalue weighted by atomic mass is 9.98. The summed E-state index contributed by atoms with van der Waals surface area (Å²) in [7, 11) is 0. The summed E-state index contributed by atoms with van der Waals surface area (Å²) in [4.78, 5) is 11.1. The standard InChI is InChI=1S/C12H18N4/c1-8-4-14-12(15-5-8)16-6-9-2-3-11(13)10(9)7-16/h4-5,9-11H,2-3,6-7,13H2,1H3. The second-order valence-electron chi connectivity index (χ2n) is 5.13. The second-order valence-corrected chi connectivity index (χ2v) is 5.13. The van der Waals surface area contributed by atoms with Crippen LogP contribution in [-0.2, 0) is 0 Å². The van der Waals surface area contributed by atoms with Gasteiger partial charge in [-0.15, -0.1) is 0 Å². The lowest BCUT2D eigenvalue weighted by Gasteiger charge is -2.18. The Bertz CT molecular complexity index is 375. The van der Waals surface area contributed by atoms with E-state index in [4.69, 9.17) is 5.73 Å². The molecular weight excluding hydrogens is 200 g/mol. The van der Waals surface area contributed by atoms with Gasteiger partial charge in [-0.25, -0.2) is 9.97 Å². The number of aryl methyl sites for hydroxylation is 1. The molecule has 2 heterocycles. The third kappa shape index (κ3) is 1.57. The van der Waals surface area contributed by atoms with E-state index in [0.717, 1.165) is 30.5 Å². The normalized spacial score (nSPS) is 33.1. The summed E-state index contributed by atoms with van der Waals surface area (Å²) in [6, 6.07) is 0.389. The molecule has 1 aromatic rings. The molecule has 1 saturated heterocycles. The van der Waals surface area contributed by atoms with Gasteiger partial charge >= 0.3 is 0 Å². The van der Waals surface area contributed by atoms with Crippen LogP contribution in [0.3, 0.4) is 0 Å². The highest BCUT2D eigenvalue weighted by Gasteiger charge is 2.41. The third-order valence-electron chi connectivity index (χ3n) is 3.96. The molecule has 16 heavy (non-hydrogen) atoms. The Morgan fingerprint density at radius 2 is 2.00 bits per heavy atom. The van der Waals surface area contributed by atoms with Gasteiger partial charge < -0.3 is 10.6 Å². The molecule has 3 atom stereocenters. The molecule has 0 bridgehead atoms. The van der Waals surface area contributed by atoms with Crippen LogP contribution in [0.2, 0.25) is 0 Å². The van der Waals surface area contributed by atoms with Gasteiger partial charge in [0.2, 0.25) is 5.95 Å². The van der Waals surface area contributed by atoms with Crippen LogP contribution in [0.25, 0.3) is 0 Å². The van der Waals surface area contributed by atoms with Crippen LogP contribution in [0.5, 0.6) is 0 Å². The van der Waals surface area contributed by atoms with Gasteiger partial charge in [-0.1, -0.05) is 0 Å². The van der Waals surface area contributed by atoms with Crippen molar-refractivity contribution >= 4 is 5.95 Å². The average Bonchev–Trinajstić information content (AvgIpc) is 2.83. The molecule has 0 spiro atoms. The lowest BCUT2D eigenvalue weighted by molar-refractivity contribution is 0.453. The summed E-state index contributed by atoms with van der Waals surface area (Å²) in [6.07, 6.45) is 6.23. The summed E-state index contributed by atoms with van der Waals surface area (Å²) < 4.78 is 0. The minimum atomic E-state index is 0.389. The fourth-order valence-electron chi connectivity index (χ4n) is 3.02. The number of anilines is 1. The van der Waals surface area contributed by atoms with Crippen molar-refractivity contribution in [3.8, 4) is 0 Å². The van der Waals surface area contributed by atoms with Crippen molar-refractivity contribution in [2.45, 2.75) is 25.8 Å². The summed E-state index contributed by atoms with van der Waals surface area (Å²) in [5, 5.41) is 0. The van der Waals surface area contributed by atoms with Crippen LogP contribution in [0.1, 0.15) is 18.4 Å². The van der Waals surface area contributed by atoms with Gasteiger partial charge in [0.15, 0.2) is 0 Å². The maximum absolute atomic E-state index is 6.12. The Morgan fingerprint density at radius 3 is 2.69 bits per heavy atom. The topological polar surface area (TPSA) is 55.0 Å². The zero-order valence-corrected chi connectivity index (χ0v) is 9.63. The third-order valence-corrected chi connectivity index (χ3v) is 3.96. The largest absolute Gasteiger partial charge is 0.340 e. The molecule has 2 fully saturated rings. The first-order valence-corrected chi connectivity index (χ1v) is 6.03. The molecule has 1 aliphatic carbocycles. The Morgan fingerprint density at radius 1 is 1.25 bits per heavy atom. The molecule has 0 aromatic carbocycles. The predicted molar refractivity (Wildman–Crippen MR) is 63.2 cm³/mol. The predicted octanol–water partition coefficient (Wildman–Crippen LogP) is 0.959. The van der Waals surface area contributed by atoms with E-state index in [9.17, 15) is 0 Å². The van der Waals surface area contributed by atoms with E-state index >= 15 is 0 Å². The smallest absolute Gasteiger partial charge is 0.225 e. The minimum Gasteiger partial charge on any atom is -0.340 e. The monoisotopic (exact) mass is 218 g/mol. The van der Waals surface area contributed by atoms with Crippen molar-refractivity contribution in [2.24, 2.45) is 17.6 Å². The van der Waals surface area contributed by atoms with Gasteiger partial charge in [-0.3, -0.25) is 0 Å². The van der Waals surface area contributed by atoms with E-state index in [-0.39, 0.29) is 0 Å². The number of fused-ring (bicyclic) bond motifs is 1. The van der Waals surface area contributed by atoms with Gasteiger partial charge in [0.25, 0.3) is 0 Å². The second kappa shape index (κ2) is 3.70. The summed E-state index contributed by atoms with van der Waals surface area (Å²) in [6.45, 7) is 4.13. The molecule has 1 aliphatic heterocycles. The van der Waals surface area contributed by atoms with E-state index in [1.54, 1.807) is 0 Å². The van der Waals surface area contributed by atoms with Crippen molar-refractivity contribution in [2.75, 3.05) is 18.0 Å². The van der Waals surface area contributed by atoms with Crippen molar-refractivity contribution in [1.29, 1.82) is 0 Å². The zero-order chi connectivity index (χ0) is 11.1. The van der Waals surface area contributed by atoms with Gasteiger partial charge in [-0.05, 0) is 37.2 Å². The maximum atomic E-state index is 6.12. The molecule has 0 radical (unpaired) electrons. The lowest BCUT2D eigenvalue weighted by Crippen LogP contribution is -2.30. The highest BCUT2D eigenvalue weighted by atomic mass is 15.3. The summed E-state index contributed by atoms with van der Waals surface area (Å²) in [5.41, 5.74) is 7.23. The molecule has 4 heteroatoms. The van der Waals surface area contributed by atoms with Crippen LogP contribution in [0.15, 0.2) is 12.4 Å². The Balaban J connectivity index is 1.76. The number of nitrogens with two attached hydrogens (primary N) is 1. The van der Waals surface area contributed by atoms with E-state index < -0.39 is 0 Å². The van der Waals surface area contributed by atoms with E-state index in [1.807, 2.05) is 19.3 Å². The van der Waals surface area contributed by atoms with Crippen LogP contribution in [-0.4, -0.2) is 29.1 Å². The average molecular weight is 218 g/mol. The molecule has 1 saturated carbocycles.